The van der Waals surface area contributed by atoms with Crippen LogP contribution in [0.5, 0.6) is 5.75 Å². The van der Waals surface area contributed by atoms with E-state index in [0.29, 0.717) is 11.8 Å². The number of benzene rings is 1. The molecule has 0 bridgehead atoms. The van der Waals surface area contributed by atoms with Gasteiger partial charge in [-0.3, -0.25) is 0 Å². The summed E-state index contributed by atoms with van der Waals surface area (Å²) in [5.74, 6) is 2.15. The third-order valence-electron chi connectivity index (χ3n) is 5.12. The summed E-state index contributed by atoms with van der Waals surface area (Å²) in [6, 6.07) is 6.32. The van der Waals surface area contributed by atoms with Crippen LogP contribution in [0.3, 0.4) is 0 Å². The van der Waals surface area contributed by atoms with Crippen molar-refractivity contribution in [2.45, 2.75) is 32.8 Å². The monoisotopic (exact) mass is 335 g/mol. The summed E-state index contributed by atoms with van der Waals surface area (Å²) in [5, 5.41) is 12.0. The number of nitrogens with zero attached hydrogens (tertiary/aromatic N) is 2. The number of hydroxylamine groups is 1. The Morgan fingerprint density at radius 1 is 1.30 bits per heavy atom. The highest BCUT2D eigenvalue weighted by Crippen LogP contribution is 2.41. The van der Waals surface area contributed by atoms with Gasteiger partial charge in [0.05, 0.1) is 19.2 Å². The first kappa shape index (κ1) is 16.8. The number of aryl methyl sites for hydroxylation is 1. The molecule has 23 heavy (non-hydrogen) atoms. The highest BCUT2D eigenvalue weighted by Gasteiger charge is 2.47. The smallest absolute Gasteiger partial charge is 0.130 e. The Labute approximate surface area is 144 Å². The lowest BCUT2D eigenvalue weighted by atomic mass is 10.0. The summed E-state index contributed by atoms with van der Waals surface area (Å²) < 4.78 is 5.88. The Morgan fingerprint density at radius 3 is 2.52 bits per heavy atom. The SMILES string of the molecule is C/C=C\c1cc(OC2CC3CN([N+](C)(O)S)CC3C2)ccc1C. The van der Waals surface area contributed by atoms with Crippen molar-refractivity contribution in [1.82, 2.24) is 5.01 Å². The Morgan fingerprint density at radius 2 is 1.96 bits per heavy atom. The van der Waals surface area contributed by atoms with Crippen molar-refractivity contribution in [3.05, 3.63) is 35.4 Å². The van der Waals surface area contributed by atoms with Crippen LogP contribution in [0.2, 0.25) is 0 Å². The van der Waals surface area contributed by atoms with E-state index in [2.05, 4.69) is 50.1 Å². The maximum absolute atomic E-state index is 9.97. The minimum atomic E-state index is -0.358. The van der Waals surface area contributed by atoms with Gasteiger partial charge in [-0.15, -0.1) is 5.01 Å². The first-order valence-electron chi connectivity index (χ1n) is 8.34. The molecule has 1 aliphatic heterocycles. The largest absolute Gasteiger partial charge is 0.490 e. The van der Waals surface area contributed by atoms with Crippen molar-refractivity contribution in [3.63, 3.8) is 0 Å². The van der Waals surface area contributed by atoms with Crippen molar-refractivity contribution in [1.29, 1.82) is 0 Å². The minimum Gasteiger partial charge on any atom is -0.490 e. The van der Waals surface area contributed by atoms with Gasteiger partial charge in [0.2, 0.25) is 0 Å². The van der Waals surface area contributed by atoms with Crippen LogP contribution in [0.1, 0.15) is 30.9 Å². The molecule has 3 rings (SSSR count). The lowest BCUT2D eigenvalue weighted by Gasteiger charge is -2.27. The number of quaternary nitrogens is 1. The number of rotatable bonds is 4. The van der Waals surface area contributed by atoms with E-state index in [-0.39, 0.29) is 10.3 Å². The maximum Gasteiger partial charge on any atom is 0.130 e. The molecule has 1 aliphatic carbocycles. The van der Waals surface area contributed by atoms with Crippen LogP contribution in [-0.4, -0.2) is 40.6 Å². The van der Waals surface area contributed by atoms with Crippen LogP contribution >= 0.6 is 12.8 Å². The average molecular weight is 335 g/mol. The van der Waals surface area contributed by atoms with Gasteiger partial charge >= 0.3 is 0 Å². The topological polar surface area (TPSA) is 32.7 Å². The molecule has 0 amide bonds. The molecule has 2 fully saturated rings. The van der Waals surface area contributed by atoms with E-state index in [0.717, 1.165) is 31.7 Å². The molecule has 1 heterocycles. The molecule has 1 N–H and O–H groups in total. The number of ether oxygens (including phenoxy) is 1. The molecule has 1 saturated heterocycles. The predicted octanol–water partition coefficient (Wildman–Crippen LogP) is 3.71. The Balaban J connectivity index is 1.61. The molecule has 3 atom stereocenters. The third-order valence-corrected chi connectivity index (χ3v) is 5.38. The standard InChI is InChI=1S/C18H27N2O2S/c1-4-5-14-8-17(7-6-13(14)2)22-18-9-15-11-19(20(3,21)23)12-16(15)10-18/h4-8,15-16,18,21,23H,9-12H2,1-3H3/q+1/b5-4-. The minimum absolute atomic E-state index is 0.283. The molecule has 1 aromatic carbocycles. The summed E-state index contributed by atoms with van der Waals surface area (Å²) in [7, 11) is 1.69. The zero-order valence-electron chi connectivity index (χ0n) is 14.1. The maximum atomic E-state index is 9.97. The van der Waals surface area contributed by atoms with Gasteiger partial charge < -0.3 is 4.74 Å². The summed E-state index contributed by atoms with van der Waals surface area (Å²) in [4.78, 5) is 0. The molecule has 0 aromatic heterocycles. The normalized spacial score (nSPS) is 30.6. The molecule has 0 radical (unpaired) electrons. The second-order valence-electron chi connectivity index (χ2n) is 6.99. The van der Waals surface area contributed by atoms with Gasteiger partial charge in [-0.25, -0.2) is 0 Å². The van der Waals surface area contributed by atoms with Gasteiger partial charge in [-0.2, -0.15) is 5.21 Å². The van der Waals surface area contributed by atoms with Crippen LogP contribution in [0, 0.1) is 18.8 Å². The second kappa shape index (κ2) is 6.48. The molecule has 1 aromatic rings. The van der Waals surface area contributed by atoms with Crippen molar-refractivity contribution >= 4 is 18.9 Å². The van der Waals surface area contributed by atoms with Crippen LogP contribution in [0.25, 0.3) is 6.08 Å². The first-order valence-corrected chi connectivity index (χ1v) is 8.74. The quantitative estimate of drug-likeness (QED) is 0.500. The average Bonchev–Trinajstić information content (AvgIpc) is 3.00. The van der Waals surface area contributed by atoms with E-state index in [1.54, 1.807) is 7.05 Å². The van der Waals surface area contributed by atoms with E-state index in [9.17, 15) is 5.21 Å². The molecule has 0 spiro atoms. The lowest BCUT2D eigenvalue weighted by molar-refractivity contribution is -1.07. The summed E-state index contributed by atoms with van der Waals surface area (Å²) in [5.41, 5.74) is 2.49. The van der Waals surface area contributed by atoms with Crippen molar-refractivity contribution in [3.8, 4) is 5.75 Å². The van der Waals surface area contributed by atoms with E-state index in [1.807, 2.05) is 11.9 Å². The molecule has 5 heteroatoms. The predicted molar refractivity (Wildman–Crippen MR) is 95.0 cm³/mol. The van der Waals surface area contributed by atoms with Crippen molar-refractivity contribution < 1.29 is 14.1 Å². The third kappa shape index (κ3) is 3.74. The molecule has 4 nitrogen and oxygen atoms in total. The molecule has 3 unspecified atom stereocenters. The van der Waals surface area contributed by atoms with Gasteiger partial charge in [0.25, 0.3) is 0 Å². The number of allylic oxidation sites excluding steroid dienone is 1. The zero-order chi connectivity index (χ0) is 16.6. The molecular weight excluding hydrogens is 308 g/mol. The summed E-state index contributed by atoms with van der Waals surface area (Å²) >= 11 is 4.22. The van der Waals surface area contributed by atoms with E-state index in [1.165, 1.54) is 11.1 Å². The Bertz CT molecular complexity index is 583. The fourth-order valence-corrected chi connectivity index (χ4v) is 4.01. The summed E-state index contributed by atoms with van der Waals surface area (Å²) in [6.07, 6.45) is 6.58. The second-order valence-corrected chi connectivity index (χ2v) is 7.75. The zero-order valence-corrected chi connectivity index (χ0v) is 15.0. The van der Waals surface area contributed by atoms with E-state index >= 15 is 0 Å². The Kier molecular flexibility index (Phi) is 4.74. The van der Waals surface area contributed by atoms with Crippen LogP contribution in [0.15, 0.2) is 24.3 Å². The number of thiol groups is 1. The van der Waals surface area contributed by atoms with Gasteiger partial charge in [0.1, 0.15) is 25.6 Å². The highest BCUT2D eigenvalue weighted by molar-refractivity contribution is 7.74. The van der Waals surface area contributed by atoms with Gasteiger partial charge in [-0.1, -0.05) is 22.4 Å². The molecular formula is C18H27N2O2S+. The fourth-order valence-electron chi connectivity index (χ4n) is 3.87. The van der Waals surface area contributed by atoms with Gasteiger partial charge in [0.15, 0.2) is 0 Å². The fraction of sp³-hybridized carbons (Fsp3) is 0.556. The highest BCUT2D eigenvalue weighted by atomic mass is 32.1. The molecule has 126 valence electrons. The first-order chi connectivity index (χ1) is 10.9. The molecule has 2 aliphatic rings. The van der Waals surface area contributed by atoms with E-state index in [4.69, 9.17) is 4.74 Å². The number of fused-ring (bicyclic) bond motifs is 1. The lowest BCUT2D eigenvalue weighted by Crippen LogP contribution is -2.47. The molecule has 1 saturated carbocycles. The van der Waals surface area contributed by atoms with Crippen molar-refractivity contribution in [2.24, 2.45) is 11.8 Å². The van der Waals surface area contributed by atoms with Crippen LogP contribution in [0.4, 0.5) is 0 Å². The van der Waals surface area contributed by atoms with Gasteiger partial charge in [-0.05, 0) is 61.8 Å². The number of hydrogen-bond acceptors (Lipinski definition) is 4. The van der Waals surface area contributed by atoms with E-state index < -0.39 is 0 Å². The van der Waals surface area contributed by atoms with Crippen molar-refractivity contribution in [2.75, 3.05) is 20.1 Å². The van der Waals surface area contributed by atoms with Gasteiger partial charge in [0, 0.05) is 0 Å². The van der Waals surface area contributed by atoms with Crippen LogP contribution < -0.4 is 4.74 Å². The summed E-state index contributed by atoms with van der Waals surface area (Å²) in [6.45, 7) is 5.93. The number of hydrogen-bond donors (Lipinski definition) is 2. The Hall–Kier alpha value is -1.01. The van der Waals surface area contributed by atoms with Crippen LogP contribution in [-0.2, 0) is 0 Å².